The normalized spacial score (nSPS) is 11.5. The Kier molecular flexibility index (Phi) is 8.75. The van der Waals surface area contributed by atoms with Gasteiger partial charge in [0.2, 0.25) is 0 Å². The summed E-state index contributed by atoms with van der Waals surface area (Å²) in [7, 11) is 0. The fraction of sp³-hybridized carbons (Fsp3) is 0. The third-order valence-electron chi connectivity index (χ3n) is 12.2. The fourth-order valence-electron chi connectivity index (χ4n) is 9.15. The van der Waals surface area contributed by atoms with Gasteiger partial charge in [0.25, 0.3) is 0 Å². The molecule has 0 fully saturated rings. The fourth-order valence-corrected chi connectivity index (χ4v) is 9.15. The van der Waals surface area contributed by atoms with Crippen LogP contribution in [0.2, 0.25) is 0 Å². The molecule has 0 saturated heterocycles. The molecule has 0 radical (unpaired) electrons. The highest BCUT2D eigenvalue weighted by Gasteiger charge is 2.20. The predicted octanol–water partition coefficient (Wildman–Crippen LogP) is 14.7. The summed E-state index contributed by atoms with van der Waals surface area (Å²) in [6, 6.07) is 71.2. The molecule has 63 heavy (non-hydrogen) atoms. The largest absolute Gasteiger partial charge is 0.309 e. The molecule has 5 aromatic heterocycles. The molecule has 7 aromatic carbocycles. The van der Waals surface area contributed by atoms with Crippen molar-refractivity contribution < 1.29 is 0 Å². The van der Waals surface area contributed by atoms with E-state index in [9.17, 15) is 0 Å². The molecule has 0 spiro atoms. The van der Waals surface area contributed by atoms with E-state index in [2.05, 4.69) is 190 Å². The minimum Gasteiger partial charge on any atom is -0.309 e. The molecule has 12 aromatic rings. The number of aromatic nitrogens is 5. The first kappa shape index (κ1) is 36.3. The van der Waals surface area contributed by atoms with Gasteiger partial charge in [0.15, 0.2) is 0 Å². The molecule has 5 heteroatoms. The van der Waals surface area contributed by atoms with Crippen molar-refractivity contribution in [3.8, 4) is 72.8 Å². The molecule has 0 bridgehead atoms. The van der Waals surface area contributed by atoms with Crippen LogP contribution in [0.5, 0.6) is 0 Å². The van der Waals surface area contributed by atoms with Crippen molar-refractivity contribution in [2.24, 2.45) is 0 Å². The van der Waals surface area contributed by atoms with Crippen molar-refractivity contribution in [2.45, 2.75) is 0 Å². The summed E-state index contributed by atoms with van der Waals surface area (Å²) in [6.07, 6.45) is 7.32. The first-order chi connectivity index (χ1) is 31.2. The molecule has 0 aliphatic rings. The number of hydrogen-bond donors (Lipinski definition) is 0. The van der Waals surface area contributed by atoms with E-state index in [4.69, 9.17) is 9.97 Å². The lowest BCUT2D eigenvalue weighted by Crippen LogP contribution is -1.96. The molecule has 0 atom stereocenters. The van der Waals surface area contributed by atoms with Crippen molar-refractivity contribution in [3.63, 3.8) is 0 Å². The quantitative estimate of drug-likeness (QED) is 0.151. The highest BCUT2D eigenvalue weighted by molar-refractivity contribution is 6.27. The van der Waals surface area contributed by atoms with Gasteiger partial charge in [-0.1, -0.05) is 133 Å². The highest BCUT2D eigenvalue weighted by atomic mass is 15.0. The van der Waals surface area contributed by atoms with E-state index in [0.29, 0.717) is 0 Å². The molecule has 0 amide bonds. The lowest BCUT2D eigenvalue weighted by molar-refractivity contribution is 1.19. The third-order valence-corrected chi connectivity index (χ3v) is 12.2. The van der Waals surface area contributed by atoms with Gasteiger partial charge in [-0.05, 0) is 100 Å². The van der Waals surface area contributed by atoms with Crippen molar-refractivity contribution in [3.05, 3.63) is 225 Å². The second kappa shape index (κ2) is 15.2. The van der Waals surface area contributed by atoms with E-state index in [1.807, 2.05) is 49.1 Å². The van der Waals surface area contributed by atoms with Crippen LogP contribution in [0, 0.1) is 0 Å². The van der Waals surface area contributed by atoms with Gasteiger partial charge in [-0.2, -0.15) is 0 Å². The van der Waals surface area contributed by atoms with Crippen molar-refractivity contribution >= 4 is 43.5 Å². The van der Waals surface area contributed by atoms with Crippen LogP contribution in [0.4, 0.5) is 0 Å². The summed E-state index contributed by atoms with van der Waals surface area (Å²) in [4.78, 5) is 19.2. The Bertz CT molecular complexity index is 3540. The van der Waals surface area contributed by atoms with Gasteiger partial charge >= 0.3 is 0 Å². The van der Waals surface area contributed by atoms with Crippen LogP contribution < -0.4 is 0 Å². The SMILES string of the molecule is c1ccc(-n2c3ccccc3c3ccc4c(-c5cccc(-c6cc(-c7ccc(-c8ccncc8)cc7)nc(-c7ccc(-c8ccncc8)cc7)c6)c5)nc5ccccc5c4c32)cc1. The number of rotatable bonds is 7. The third kappa shape index (κ3) is 6.42. The summed E-state index contributed by atoms with van der Waals surface area (Å²) >= 11 is 0. The number of pyridine rings is 4. The first-order valence-corrected chi connectivity index (χ1v) is 21.2. The van der Waals surface area contributed by atoms with E-state index < -0.39 is 0 Å². The lowest BCUT2D eigenvalue weighted by atomic mass is 9.94. The zero-order valence-electron chi connectivity index (χ0n) is 34.1. The van der Waals surface area contributed by atoms with Crippen LogP contribution >= 0.6 is 0 Å². The molecule has 5 nitrogen and oxygen atoms in total. The Morgan fingerprint density at radius 2 is 0.857 bits per heavy atom. The minimum absolute atomic E-state index is 0.901. The average molecular weight is 804 g/mol. The van der Waals surface area contributed by atoms with Crippen LogP contribution in [0.1, 0.15) is 0 Å². The molecule has 5 heterocycles. The molecule has 0 aliphatic carbocycles. The first-order valence-electron chi connectivity index (χ1n) is 21.2. The van der Waals surface area contributed by atoms with E-state index >= 15 is 0 Å². The van der Waals surface area contributed by atoms with Crippen molar-refractivity contribution in [1.29, 1.82) is 0 Å². The topological polar surface area (TPSA) is 56.5 Å². The average Bonchev–Trinajstić information content (AvgIpc) is 3.71. The Balaban J connectivity index is 1.04. The van der Waals surface area contributed by atoms with E-state index in [1.54, 1.807) is 0 Å². The smallest absolute Gasteiger partial charge is 0.0789 e. The minimum atomic E-state index is 0.901. The molecule has 0 N–H and O–H groups in total. The van der Waals surface area contributed by atoms with Crippen LogP contribution in [0.15, 0.2) is 225 Å². The second-order valence-corrected chi connectivity index (χ2v) is 15.9. The number of benzene rings is 7. The maximum absolute atomic E-state index is 5.44. The van der Waals surface area contributed by atoms with Crippen molar-refractivity contribution in [1.82, 2.24) is 24.5 Å². The van der Waals surface area contributed by atoms with Gasteiger partial charge in [-0.25, -0.2) is 9.97 Å². The van der Waals surface area contributed by atoms with Crippen LogP contribution in [0.3, 0.4) is 0 Å². The van der Waals surface area contributed by atoms with E-state index in [0.717, 1.165) is 89.1 Å². The maximum atomic E-state index is 5.44. The Morgan fingerprint density at radius 1 is 0.317 bits per heavy atom. The maximum Gasteiger partial charge on any atom is 0.0789 e. The van der Waals surface area contributed by atoms with Crippen molar-refractivity contribution in [2.75, 3.05) is 0 Å². The summed E-state index contributed by atoms with van der Waals surface area (Å²) in [6.45, 7) is 0. The van der Waals surface area contributed by atoms with Gasteiger partial charge in [0, 0.05) is 74.1 Å². The summed E-state index contributed by atoms with van der Waals surface area (Å²) < 4.78 is 2.42. The summed E-state index contributed by atoms with van der Waals surface area (Å²) in [5.74, 6) is 0. The lowest BCUT2D eigenvalue weighted by Gasteiger charge is -2.15. The summed E-state index contributed by atoms with van der Waals surface area (Å²) in [5, 5.41) is 5.88. The second-order valence-electron chi connectivity index (χ2n) is 15.9. The Morgan fingerprint density at radius 3 is 1.52 bits per heavy atom. The molecule has 0 unspecified atom stereocenters. The van der Waals surface area contributed by atoms with Gasteiger partial charge < -0.3 is 4.57 Å². The van der Waals surface area contributed by atoms with E-state index in [1.165, 1.54) is 27.2 Å². The van der Waals surface area contributed by atoms with Gasteiger partial charge in [-0.3, -0.25) is 9.97 Å². The van der Waals surface area contributed by atoms with Gasteiger partial charge in [-0.15, -0.1) is 0 Å². The molecule has 12 rings (SSSR count). The number of nitrogens with zero attached hydrogens (tertiary/aromatic N) is 5. The monoisotopic (exact) mass is 803 g/mol. The number of para-hydroxylation sites is 3. The highest BCUT2D eigenvalue weighted by Crippen LogP contribution is 2.43. The molecular formula is C58H37N5. The zero-order chi connectivity index (χ0) is 41.7. The Labute approximate surface area is 364 Å². The molecule has 0 aliphatic heterocycles. The van der Waals surface area contributed by atoms with Crippen LogP contribution in [0.25, 0.3) is 116 Å². The van der Waals surface area contributed by atoms with Gasteiger partial charge in [0.1, 0.15) is 0 Å². The van der Waals surface area contributed by atoms with E-state index in [-0.39, 0.29) is 0 Å². The molecule has 0 saturated carbocycles. The standard InChI is InChI=1S/C58H37N5/c1-2-11-47(12-3-1)63-55-16-7-5-13-48(55)49-25-26-51-56(58(49)63)50-14-4-6-15-52(50)62-57(51)45-10-8-9-44(35-45)46-36-53(42-21-17-38(18-22-42)40-27-31-59-32-28-40)61-54(37-46)43-23-19-39(20-24-43)41-29-33-60-34-30-41/h1-37H. The van der Waals surface area contributed by atoms with Crippen LogP contribution in [-0.4, -0.2) is 24.5 Å². The molecular weight excluding hydrogens is 767 g/mol. The zero-order valence-corrected chi connectivity index (χ0v) is 34.1. The molecule has 294 valence electrons. The number of fused-ring (bicyclic) bond motifs is 7. The predicted molar refractivity (Wildman–Crippen MR) is 260 cm³/mol. The van der Waals surface area contributed by atoms with Crippen LogP contribution in [-0.2, 0) is 0 Å². The number of hydrogen-bond acceptors (Lipinski definition) is 4. The Hall–Kier alpha value is -8.54. The summed E-state index contributed by atoms with van der Waals surface area (Å²) in [5.41, 5.74) is 17.0. The van der Waals surface area contributed by atoms with Gasteiger partial charge in [0.05, 0.1) is 33.6 Å².